The van der Waals surface area contributed by atoms with Gasteiger partial charge in [0.15, 0.2) is 0 Å². The Hall–Kier alpha value is -1.41. The van der Waals surface area contributed by atoms with Gasteiger partial charge in [0, 0.05) is 23.8 Å². The smallest absolute Gasteiger partial charge is 0.0346 e. The van der Waals surface area contributed by atoms with Crippen molar-refractivity contribution in [3.05, 3.63) is 42.2 Å². The molecule has 0 unspecified atom stereocenters. The maximum absolute atomic E-state index is 5.97. The van der Waals surface area contributed by atoms with E-state index in [2.05, 4.69) is 29.2 Å². The lowest BCUT2D eigenvalue weighted by Gasteiger charge is -2.26. The molecule has 0 radical (unpaired) electrons. The third kappa shape index (κ3) is 2.05. The van der Waals surface area contributed by atoms with Crippen LogP contribution in [0.3, 0.4) is 0 Å². The number of nitrogens with zero attached hydrogens (tertiary/aromatic N) is 1. The highest BCUT2D eigenvalue weighted by Crippen LogP contribution is 2.35. The number of benzene rings is 1. The maximum atomic E-state index is 5.97. The predicted molar refractivity (Wildman–Crippen MR) is 70.9 cm³/mol. The Morgan fingerprint density at radius 2 is 1.76 bits per heavy atom. The standard InChI is InChI=1S/C15H18N2/c16-13-7-5-11(6-8-13)15-10-17-9-12-3-1-2-4-14(12)15/h1-4,9-11,13H,5-8,16H2. The minimum absolute atomic E-state index is 0.411. The number of rotatable bonds is 1. The molecule has 2 nitrogen and oxygen atoms in total. The zero-order valence-corrected chi connectivity index (χ0v) is 9.97. The summed E-state index contributed by atoms with van der Waals surface area (Å²) in [7, 11) is 0. The Kier molecular flexibility index (Phi) is 2.81. The molecule has 1 aliphatic carbocycles. The van der Waals surface area contributed by atoms with Crippen molar-refractivity contribution >= 4 is 10.8 Å². The topological polar surface area (TPSA) is 38.9 Å². The summed E-state index contributed by atoms with van der Waals surface area (Å²) in [4.78, 5) is 4.38. The fourth-order valence-corrected chi connectivity index (χ4v) is 2.90. The fraction of sp³-hybridized carbons (Fsp3) is 0.400. The number of fused-ring (bicyclic) bond motifs is 1. The summed E-state index contributed by atoms with van der Waals surface area (Å²) in [5, 5.41) is 2.61. The van der Waals surface area contributed by atoms with Gasteiger partial charge in [0.05, 0.1) is 0 Å². The van der Waals surface area contributed by atoms with Gasteiger partial charge >= 0.3 is 0 Å². The number of pyridine rings is 1. The van der Waals surface area contributed by atoms with Crippen LogP contribution >= 0.6 is 0 Å². The number of nitrogens with two attached hydrogens (primary N) is 1. The third-order valence-corrected chi connectivity index (χ3v) is 3.91. The molecule has 88 valence electrons. The van der Waals surface area contributed by atoms with E-state index in [0.717, 1.165) is 12.8 Å². The highest BCUT2D eigenvalue weighted by molar-refractivity contribution is 5.85. The van der Waals surface area contributed by atoms with Crippen molar-refractivity contribution in [2.75, 3.05) is 0 Å². The zero-order chi connectivity index (χ0) is 11.7. The molecular weight excluding hydrogens is 208 g/mol. The van der Waals surface area contributed by atoms with Gasteiger partial charge in [-0.1, -0.05) is 24.3 Å². The molecule has 1 aliphatic rings. The van der Waals surface area contributed by atoms with E-state index in [0.29, 0.717) is 12.0 Å². The lowest BCUT2D eigenvalue weighted by atomic mass is 9.81. The van der Waals surface area contributed by atoms with E-state index in [9.17, 15) is 0 Å². The van der Waals surface area contributed by atoms with Crippen molar-refractivity contribution < 1.29 is 0 Å². The summed E-state index contributed by atoms with van der Waals surface area (Å²) >= 11 is 0. The summed E-state index contributed by atoms with van der Waals surface area (Å²) in [5.74, 6) is 0.647. The number of aromatic nitrogens is 1. The summed E-state index contributed by atoms with van der Waals surface area (Å²) in [6.07, 6.45) is 8.70. The van der Waals surface area contributed by atoms with Crippen LogP contribution in [0.5, 0.6) is 0 Å². The average Bonchev–Trinajstić information content (AvgIpc) is 2.39. The average molecular weight is 226 g/mol. The van der Waals surface area contributed by atoms with Crippen molar-refractivity contribution in [3.63, 3.8) is 0 Å². The molecule has 0 bridgehead atoms. The highest BCUT2D eigenvalue weighted by atomic mass is 14.6. The van der Waals surface area contributed by atoms with Gasteiger partial charge < -0.3 is 5.73 Å². The van der Waals surface area contributed by atoms with Crippen molar-refractivity contribution in [2.45, 2.75) is 37.6 Å². The SMILES string of the molecule is NC1CCC(c2cncc3ccccc23)CC1. The molecule has 1 saturated carbocycles. The minimum Gasteiger partial charge on any atom is -0.328 e. The molecule has 0 amide bonds. The van der Waals surface area contributed by atoms with Gasteiger partial charge in [-0.2, -0.15) is 0 Å². The van der Waals surface area contributed by atoms with Crippen molar-refractivity contribution in [2.24, 2.45) is 5.73 Å². The summed E-state index contributed by atoms with van der Waals surface area (Å²) in [5.41, 5.74) is 7.38. The molecular formula is C15H18N2. The molecule has 1 aromatic heterocycles. The Labute approximate surface area is 102 Å². The monoisotopic (exact) mass is 226 g/mol. The van der Waals surface area contributed by atoms with E-state index in [1.165, 1.54) is 29.2 Å². The van der Waals surface area contributed by atoms with E-state index in [4.69, 9.17) is 5.73 Å². The Bertz CT molecular complexity index is 508. The van der Waals surface area contributed by atoms with E-state index >= 15 is 0 Å². The van der Waals surface area contributed by atoms with Crippen LogP contribution in [-0.2, 0) is 0 Å². The molecule has 0 saturated heterocycles. The first-order valence-electron chi connectivity index (χ1n) is 6.43. The van der Waals surface area contributed by atoms with E-state index in [1.807, 2.05) is 12.4 Å². The van der Waals surface area contributed by atoms with Gasteiger partial charge in [-0.15, -0.1) is 0 Å². The first-order chi connectivity index (χ1) is 8.34. The Balaban J connectivity index is 2.00. The van der Waals surface area contributed by atoms with Gasteiger partial charge in [0.25, 0.3) is 0 Å². The normalized spacial score (nSPS) is 25.0. The van der Waals surface area contributed by atoms with Gasteiger partial charge in [0.1, 0.15) is 0 Å². The quantitative estimate of drug-likeness (QED) is 0.811. The Morgan fingerprint density at radius 1 is 1.00 bits per heavy atom. The highest BCUT2D eigenvalue weighted by Gasteiger charge is 2.21. The predicted octanol–water partition coefficient (Wildman–Crippen LogP) is 3.22. The molecule has 1 aromatic carbocycles. The molecule has 3 rings (SSSR count). The van der Waals surface area contributed by atoms with E-state index in [-0.39, 0.29) is 0 Å². The zero-order valence-electron chi connectivity index (χ0n) is 9.97. The van der Waals surface area contributed by atoms with Crippen molar-refractivity contribution in [3.8, 4) is 0 Å². The number of hydrogen-bond acceptors (Lipinski definition) is 2. The minimum atomic E-state index is 0.411. The van der Waals surface area contributed by atoms with Crippen LogP contribution in [0, 0.1) is 0 Å². The van der Waals surface area contributed by atoms with E-state index < -0.39 is 0 Å². The van der Waals surface area contributed by atoms with Crippen LogP contribution in [0.25, 0.3) is 10.8 Å². The lowest BCUT2D eigenvalue weighted by molar-refractivity contribution is 0.396. The summed E-state index contributed by atoms with van der Waals surface area (Å²) in [6.45, 7) is 0. The third-order valence-electron chi connectivity index (χ3n) is 3.91. The van der Waals surface area contributed by atoms with Crippen LogP contribution in [0.1, 0.15) is 37.2 Å². The van der Waals surface area contributed by atoms with Gasteiger partial charge in [-0.3, -0.25) is 4.98 Å². The molecule has 0 aliphatic heterocycles. The van der Waals surface area contributed by atoms with Crippen LogP contribution in [0.15, 0.2) is 36.7 Å². The Morgan fingerprint density at radius 3 is 2.59 bits per heavy atom. The number of hydrogen-bond donors (Lipinski definition) is 1. The second-order valence-corrected chi connectivity index (χ2v) is 5.06. The largest absolute Gasteiger partial charge is 0.328 e. The van der Waals surface area contributed by atoms with Crippen molar-refractivity contribution in [1.82, 2.24) is 4.98 Å². The van der Waals surface area contributed by atoms with Crippen LogP contribution in [0.4, 0.5) is 0 Å². The lowest BCUT2D eigenvalue weighted by Crippen LogP contribution is -2.25. The molecule has 1 fully saturated rings. The van der Waals surface area contributed by atoms with Gasteiger partial charge in [-0.25, -0.2) is 0 Å². The molecule has 17 heavy (non-hydrogen) atoms. The molecule has 0 spiro atoms. The first kappa shape index (κ1) is 10.7. The van der Waals surface area contributed by atoms with Gasteiger partial charge in [-0.05, 0) is 42.6 Å². The van der Waals surface area contributed by atoms with Crippen LogP contribution in [-0.4, -0.2) is 11.0 Å². The first-order valence-corrected chi connectivity index (χ1v) is 6.43. The second-order valence-electron chi connectivity index (χ2n) is 5.06. The maximum Gasteiger partial charge on any atom is 0.0346 e. The summed E-state index contributed by atoms with van der Waals surface area (Å²) in [6, 6.07) is 8.95. The molecule has 2 heteroatoms. The van der Waals surface area contributed by atoms with Gasteiger partial charge in [0.2, 0.25) is 0 Å². The van der Waals surface area contributed by atoms with Crippen LogP contribution in [0.2, 0.25) is 0 Å². The molecule has 2 N–H and O–H groups in total. The summed E-state index contributed by atoms with van der Waals surface area (Å²) < 4.78 is 0. The second kappa shape index (κ2) is 4.46. The molecule has 1 heterocycles. The molecule has 0 atom stereocenters. The molecule has 2 aromatic rings. The van der Waals surface area contributed by atoms with Crippen LogP contribution < -0.4 is 5.73 Å². The van der Waals surface area contributed by atoms with E-state index in [1.54, 1.807) is 0 Å². The fourth-order valence-electron chi connectivity index (χ4n) is 2.90. The van der Waals surface area contributed by atoms with Crippen molar-refractivity contribution in [1.29, 1.82) is 0 Å².